The average Bonchev–Trinajstić information content (AvgIpc) is 2.76. The highest BCUT2D eigenvalue weighted by atomic mass is 79.9. The van der Waals surface area contributed by atoms with Gasteiger partial charge in [-0.15, -0.1) is 11.3 Å². The number of hydrogen-bond donors (Lipinski definition) is 1. The Morgan fingerprint density at radius 2 is 1.94 bits per heavy atom. The summed E-state index contributed by atoms with van der Waals surface area (Å²) in [7, 11) is 0. The molecule has 0 spiro atoms. The lowest BCUT2D eigenvalue weighted by Crippen LogP contribution is -2.42. The summed E-state index contributed by atoms with van der Waals surface area (Å²) in [4.78, 5) is 13.3. The standard InChI is InChI=1S/C14H14BrNOS/c1-14(16,10-5-3-2-4-6-10)12(17)9-11-7-8-13(15)18-11/h2-8H,9,16H2,1H3. The van der Waals surface area contributed by atoms with Crippen LogP contribution in [0.4, 0.5) is 0 Å². The van der Waals surface area contributed by atoms with Crippen LogP contribution in [0.3, 0.4) is 0 Å². The van der Waals surface area contributed by atoms with Gasteiger partial charge in [-0.1, -0.05) is 30.3 Å². The highest BCUT2D eigenvalue weighted by Gasteiger charge is 2.30. The molecule has 1 heterocycles. The van der Waals surface area contributed by atoms with Crippen LogP contribution in [0.2, 0.25) is 0 Å². The van der Waals surface area contributed by atoms with E-state index in [1.54, 1.807) is 18.3 Å². The smallest absolute Gasteiger partial charge is 0.162 e. The van der Waals surface area contributed by atoms with Gasteiger partial charge in [-0.2, -0.15) is 0 Å². The molecule has 0 aliphatic rings. The average molecular weight is 324 g/mol. The molecule has 2 rings (SSSR count). The third-order valence-corrected chi connectivity index (χ3v) is 4.54. The number of nitrogens with two attached hydrogens (primary N) is 1. The van der Waals surface area contributed by atoms with Gasteiger partial charge in [0.2, 0.25) is 0 Å². The fraction of sp³-hybridized carbons (Fsp3) is 0.214. The normalized spacial score (nSPS) is 14.2. The summed E-state index contributed by atoms with van der Waals surface area (Å²) < 4.78 is 1.03. The van der Waals surface area contributed by atoms with Gasteiger partial charge in [0.05, 0.1) is 9.33 Å². The van der Waals surface area contributed by atoms with Gasteiger partial charge in [0.1, 0.15) is 0 Å². The summed E-state index contributed by atoms with van der Waals surface area (Å²) in [5.74, 6) is 0.0306. The number of hydrogen-bond acceptors (Lipinski definition) is 3. The monoisotopic (exact) mass is 323 g/mol. The van der Waals surface area contributed by atoms with E-state index in [0.717, 1.165) is 14.2 Å². The van der Waals surface area contributed by atoms with E-state index in [0.29, 0.717) is 6.42 Å². The number of carbonyl (C=O) groups excluding carboxylic acids is 1. The Bertz CT molecular complexity index is 548. The van der Waals surface area contributed by atoms with E-state index in [2.05, 4.69) is 15.9 Å². The Morgan fingerprint density at radius 1 is 1.28 bits per heavy atom. The Hall–Kier alpha value is -0.970. The molecule has 18 heavy (non-hydrogen) atoms. The maximum absolute atomic E-state index is 12.3. The quantitative estimate of drug-likeness (QED) is 0.935. The highest BCUT2D eigenvalue weighted by molar-refractivity contribution is 9.11. The van der Waals surface area contributed by atoms with Crippen molar-refractivity contribution in [1.82, 2.24) is 0 Å². The molecule has 0 aliphatic carbocycles. The Kier molecular flexibility index (Phi) is 4.00. The minimum atomic E-state index is -0.933. The predicted octanol–water partition coefficient (Wildman–Crippen LogP) is 3.50. The number of halogens is 1. The molecule has 0 saturated carbocycles. The van der Waals surface area contributed by atoms with E-state index in [4.69, 9.17) is 5.73 Å². The van der Waals surface area contributed by atoms with Crippen LogP contribution in [0.25, 0.3) is 0 Å². The summed E-state index contributed by atoms with van der Waals surface area (Å²) >= 11 is 4.96. The number of thiophene rings is 1. The van der Waals surface area contributed by atoms with Crippen molar-refractivity contribution < 1.29 is 4.79 Å². The molecule has 1 aromatic heterocycles. The van der Waals surface area contributed by atoms with Crippen molar-refractivity contribution in [3.8, 4) is 0 Å². The molecule has 2 N–H and O–H groups in total. The van der Waals surface area contributed by atoms with Crippen LogP contribution in [0, 0.1) is 0 Å². The van der Waals surface area contributed by atoms with Crippen LogP contribution in [-0.2, 0) is 16.8 Å². The van der Waals surface area contributed by atoms with Crippen molar-refractivity contribution in [2.45, 2.75) is 18.9 Å². The minimum absolute atomic E-state index is 0.0306. The summed E-state index contributed by atoms with van der Waals surface area (Å²) in [6, 6.07) is 13.4. The molecule has 0 radical (unpaired) electrons. The molecule has 0 saturated heterocycles. The number of Topliss-reactive ketones (excluding diaryl/α,β-unsaturated/α-hetero) is 1. The van der Waals surface area contributed by atoms with Gasteiger partial charge in [0.15, 0.2) is 5.78 Å². The molecule has 94 valence electrons. The molecular weight excluding hydrogens is 310 g/mol. The summed E-state index contributed by atoms with van der Waals surface area (Å²) in [6.45, 7) is 1.77. The molecule has 2 aromatic rings. The summed E-state index contributed by atoms with van der Waals surface area (Å²) in [6.07, 6.45) is 0.373. The molecule has 1 atom stereocenters. The lowest BCUT2D eigenvalue weighted by Gasteiger charge is -2.23. The fourth-order valence-corrected chi connectivity index (χ4v) is 3.22. The minimum Gasteiger partial charge on any atom is -0.315 e. The van der Waals surface area contributed by atoms with Gasteiger partial charge in [-0.25, -0.2) is 0 Å². The number of ketones is 1. The first-order valence-corrected chi connectivity index (χ1v) is 7.23. The predicted molar refractivity (Wildman–Crippen MR) is 78.7 cm³/mol. The van der Waals surface area contributed by atoms with Gasteiger partial charge in [0.25, 0.3) is 0 Å². The summed E-state index contributed by atoms with van der Waals surface area (Å²) in [5, 5.41) is 0. The SMILES string of the molecule is CC(N)(C(=O)Cc1ccc(Br)s1)c1ccccc1. The van der Waals surface area contributed by atoms with Gasteiger partial charge in [-0.05, 0) is 40.5 Å². The highest BCUT2D eigenvalue weighted by Crippen LogP contribution is 2.26. The first kappa shape index (κ1) is 13.5. The molecule has 2 nitrogen and oxygen atoms in total. The lowest BCUT2D eigenvalue weighted by molar-refractivity contribution is -0.123. The van der Waals surface area contributed by atoms with Crippen LogP contribution >= 0.6 is 27.3 Å². The van der Waals surface area contributed by atoms with Gasteiger partial charge < -0.3 is 5.73 Å². The molecule has 0 aliphatic heterocycles. The van der Waals surface area contributed by atoms with Crippen LogP contribution in [0.15, 0.2) is 46.3 Å². The van der Waals surface area contributed by atoms with Crippen LogP contribution in [-0.4, -0.2) is 5.78 Å². The van der Waals surface area contributed by atoms with Crippen molar-refractivity contribution in [3.05, 3.63) is 56.7 Å². The zero-order valence-corrected chi connectivity index (χ0v) is 12.4. The van der Waals surface area contributed by atoms with Gasteiger partial charge >= 0.3 is 0 Å². The maximum Gasteiger partial charge on any atom is 0.162 e. The molecule has 1 unspecified atom stereocenters. The van der Waals surface area contributed by atoms with Crippen molar-refractivity contribution in [2.24, 2.45) is 5.73 Å². The largest absolute Gasteiger partial charge is 0.315 e. The first-order valence-electron chi connectivity index (χ1n) is 5.62. The fourth-order valence-electron chi connectivity index (χ4n) is 1.73. The van der Waals surface area contributed by atoms with Gasteiger partial charge in [0, 0.05) is 11.3 Å². The Labute approximate surface area is 119 Å². The zero-order chi connectivity index (χ0) is 13.2. The van der Waals surface area contributed by atoms with Crippen molar-refractivity contribution in [1.29, 1.82) is 0 Å². The zero-order valence-electron chi connectivity index (χ0n) is 10.0. The first-order chi connectivity index (χ1) is 8.50. The Morgan fingerprint density at radius 3 is 2.50 bits per heavy atom. The van der Waals surface area contributed by atoms with Crippen LogP contribution in [0.5, 0.6) is 0 Å². The van der Waals surface area contributed by atoms with E-state index in [1.165, 1.54) is 0 Å². The van der Waals surface area contributed by atoms with E-state index in [-0.39, 0.29) is 5.78 Å². The van der Waals surface area contributed by atoms with E-state index in [1.807, 2.05) is 42.5 Å². The second-order valence-corrected chi connectivity index (χ2v) is 6.92. The van der Waals surface area contributed by atoms with Gasteiger partial charge in [-0.3, -0.25) is 4.79 Å². The number of rotatable bonds is 4. The van der Waals surface area contributed by atoms with Crippen molar-refractivity contribution in [2.75, 3.05) is 0 Å². The van der Waals surface area contributed by atoms with Crippen LogP contribution < -0.4 is 5.73 Å². The third-order valence-electron chi connectivity index (χ3n) is 2.92. The molecule has 1 aromatic carbocycles. The second-order valence-electron chi connectivity index (χ2n) is 4.37. The summed E-state index contributed by atoms with van der Waals surface area (Å²) in [5.41, 5.74) is 6.10. The molecule has 4 heteroatoms. The van der Waals surface area contributed by atoms with Crippen LogP contribution in [0.1, 0.15) is 17.4 Å². The van der Waals surface area contributed by atoms with E-state index >= 15 is 0 Å². The molecule has 0 amide bonds. The topological polar surface area (TPSA) is 43.1 Å². The maximum atomic E-state index is 12.3. The van der Waals surface area contributed by atoms with E-state index < -0.39 is 5.54 Å². The Balaban J connectivity index is 2.18. The molecule has 0 fully saturated rings. The van der Waals surface area contributed by atoms with Crippen molar-refractivity contribution >= 4 is 33.0 Å². The lowest BCUT2D eigenvalue weighted by atomic mass is 9.87. The van der Waals surface area contributed by atoms with E-state index in [9.17, 15) is 4.79 Å². The van der Waals surface area contributed by atoms with Crippen molar-refractivity contribution in [3.63, 3.8) is 0 Å². The number of carbonyl (C=O) groups is 1. The molecular formula is C14H14BrNOS. The third kappa shape index (κ3) is 2.88. The second kappa shape index (κ2) is 5.34. The number of benzene rings is 1. The molecule has 0 bridgehead atoms.